The van der Waals surface area contributed by atoms with Crippen molar-refractivity contribution in [1.82, 2.24) is 5.32 Å². The van der Waals surface area contributed by atoms with Crippen LogP contribution in [-0.2, 0) is 0 Å². The molecule has 2 aromatic rings. The quantitative estimate of drug-likeness (QED) is 0.628. The molecular formula is C16H19N3O4. The predicted octanol–water partition coefficient (Wildman–Crippen LogP) is 2.74. The van der Waals surface area contributed by atoms with Crippen LogP contribution < -0.4 is 11.1 Å². The standard InChI is InChI=1S/C16H19N3O4/c1-10(2)11-3-5-12(6-4-11)13(17)9-18-16(20)14-7-8-15(23-14)19(21)22/h3-8,10,13H,9,17H2,1-2H3,(H,18,20). The Bertz CT molecular complexity index is 692. The van der Waals surface area contributed by atoms with Gasteiger partial charge in [-0.05, 0) is 23.1 Å². The number of nitrogens with zero attached hydrogens (tertiary/aromatic N) is 1. The summed E-state index contributed by atoms with van der Waals surface area (Å²) in [5.74, 6) is -0.676. The van der Waals surface area contributed by atoms with Gasteiger partial charge in [0.05, 0.1) is 6.07 Å². The monoisotopic (exact) mass is 317 g/mol. The van der Waals surface area contributed by atoms with Crippen molar-refractivity contribution in [3.8, 4) is 0 Å². The summed E-state index contributed by atoms with van der Waals surface area (Å²) < 4.78 is 4.84. The first-order valence-corrected chi connectivity index (χ1v) is 7.26. The summed E-state index contributed by atoms with van der Waals surface area (Å²) in [6.07, 6.45) is 0. The Balaban J connectivity index is 1.93. The number of carbonyl (C=O) groups excluding carboxylic acids is 1. The highest BCUT2D eigenvalue weighted by Gasteiger charge is 2.18. The van der Waals surface area contributed by atoms with Crippen molar-refractivity contribution in [2.24, 2.45) is 5.73 Å². The summed E-state index contributed by atoms with van der Waals surface area (Å²) in [4.78, 5) is 21.7. The van der Waals surface area contributed by atoms with Gasteiger partial charge in [0.15, 0.2) is 5.76 Å². The SMILES string of the molecule is CC(C)c1ccc(C(N)CNC(=O)c2ccc([N+](=O)[O-])o2)cc1. The molecule has 0 spiro atoms. The minimum atomic E-state index is -0.696. The van der Waals surface area contributed by atoms with E-state index in [1.54, 1.807) is 0 Å². The molecule has 122 valence electrons. The maximum atomic E-state index is 11.9. The lowest BCUT2D eigenvalue weighted by molar-refractivity contribution is -0.402. The summed E-state index contributed by atoms with van der Waals surface area (Å²) in [6, 6.07) is 9.92. The first kappa shape index (κ1) is 16.7. The molecule has 0 bridgehead atoms. The van der Waals surface area contributed by atoms with Gasteiger partial charge in [0.25, 0.3) is 5.91 Å². The van der Waals surface area contributed by atoms with Gasteiger partial charge in [-0.25, -0.2) is 0 Å². The molecule has 0 saturated carbocycles. The number of amides is 1. The van der Waals surface area contributed by atoms with E-state index in [0.717, 1.165) is 11.6 Å². The van der Waals surface area contributed by atoms with E-state index in [4.69, 9.17) is 10.2 Å². The fraction of sp³-hybridized carbons (Fsp3) is 0.312. The lowest BCUT2D eigenvalue weighted by Gasteiger charge is -2.14. The minimum absolute atomic E-state index is 0.112. The van der Waals surface area contributed by atoms with Gasteiger partial charge in [0.1, 0.15) is 4.92 Å². The molecule has 2 rings (SSSR count). The zero-order valence-corrected chi connectivity index (χ0v) is 13.0. The molecule has 0 radical (unpaired) electrons. The third kappa shape index (κ3) is 4.17. The normalized spacial score (nSPS) is 12.2. The van der Waals surface area contributed by atoms with Gasteiger partial charge in [-0.15, -0.1) is 0 Å². The molecule has 7 heteroatoms. The maximum Gasteiger partial charge on any atom is 0.433 e. The lowest BCUT2D eigenvalue weighted by Crippen LogP contribution is -2.31. The number of carbonyl (C=O) groups is 1. The minimum Gasteiger partial charge on any atom is -0.395 e. The fourth-order valence-corrected chi connectivity index (χ4v) is 2.08. The highest BCUT2D eigenvalue weighted by Crippen LogP contribution is 2.18. The van der Waals surface area contributed by atoms with Crippen molar-refractivity contribution in [3.63, 3.8) is 0 Å². The number of nitro groups is 1. The number of hydrogen-bond donors (Lipinski definition) is 2. The Hall–Kier alpha value is -2.67. The molecule has 1 amide bonds. The summed E-state index contributed by atoms with van der Waals surface area (Å²) >= 11 is 0. The van der Waals surface area contributed by atoms with Crippen LogP contribution in [0.5, 0.6) is 0 Å². The number of benzene rings is 1. The van der Waals surface area contributed by atoms with Gasteiger partial charge in [-0.1, -0.05) is 38.1 Å². The fourth-order valence-electron chi connectivity index (χ4n) is 2.08. The number of nitrogens with one attached hydrogen (secondary N) is 1. The molecule has 0 aliphatic heterocycles. The summed E-state index contributed by atoms with van der Waals surface area (Å²) in [7, 11) is 0. The van der Waals surface area contributed by atoms with Crippen molar-refractivity contribution in [2.45, 2.75) is 25.8 Å². The highest BCUT2D eigenvalue weighted by atomic mass is 16.6. The van der Waals surface area contributed by atoms with Crippen molar-refractivity contribution in [2.75, 3.05) is 6.54 Å². The Morgan fingerprint density at radius 2 is 1.83 bits per heavy atom. The molecule has 1 unspecified atom stereocenters. The number of nitrogens with two attached hydrogens (primary N) is 1. The van der Waals surface area contributed by atoms with Gasteiger partial charge >= 0.3 is 5.88 Å². The number of hydrogen-bond acceptors (Lipinski definition) is 5. The van der Waals surface area contributed by atoms with Crippen LogP contribution in [0.1, 0.15) is 47.5 Å². The van der Waals surface area contributed by atoms with Crippen LogP contribution in [0.4, 0.5) is 5.88 Å². The molecule has 1 aromatic carbocycles. The molecule has 0 saturated heterocycles. The lowest BCUT2D eigenvalue weighted by atomic mass is 9.99. The zero-order valence-electron chi connectivity index (χ0n) is 13.0. The van der Waals surface area contributed by atoms with Crippen LogP contribution in [0.15, 0.2) is 40.8 Å². The number of rotatable bonds is 6. The molecule has 0 aliphatic carbocycles. The summed E-state index contributed by atoms with van der Waals surface area (Å²) in [6.45, 7) is 4.42. The van der Waals surface area contributed by atoms with Crippen LogP contribution in [0.3, 0.4) is 0 Å². The third-order valence-corrected chi connectivity index (χ3v) is 3.51. The van der Waals surface area contributed by atoms with Crippen LogP contribution in [0, 0.1) is 10.1 Å². The highest BCUT2D eigenvalue weighted by molar-refractivity contribution is 5.91. The molecule has 0 fully saturated rings. The van der Waals surface area contributed by atoms with Crippen LogP contribution in [-0.4, -0.2) is 17.4 Å². The Morgan fingerprint density at radius 3 is 2.35 bits per heavy atom. The van der Waals surface area contributed by atoms with E-state index in [-0.39, 0.29) is 18.3 Å². The van der Waals surface area contributed by atoms with E-state index in [1.165, 1.54) is 11.6 Å². The smallest absolute Gasteiger partial charge is 0.395 e. The molecule has 1 atom stereocenters. The van der Waals surface area contributed by atoms with Gasteiger partial charge < -0.3 is 15.5 Å². The zero-order chi connectivity index (χ0) is 17.0. The van der Waals surface area contributed by atoms with Crippen molar-refractivity contribution < 1.29 is 14.1 Å². The average molecular weight is 317 g/mol. The Labute approximate surface area is 133 Å². The Kier molecular flexibility index (Phi) is 5.13. The topological polar surface area (TPSA) is 111 Å². The molecule has 0 aliphatic rings. The molecule has 7 nitrogen and oxygen atoms in total. The molecule has 1 aromatic heterocycles. The largest absolute Gasteiger partial charge is 0.433 e. The summed E-state index contributed by atoms with van der Waals surface area (Å²) in [5.41, 5.74) is 8.17. The Morgan fingerprint density at radius 1 is 1.22 bits per heavy atom. The van der Waals surface area contributed by atoms with Crippen molar-refractivity contribution in [1.29, 1.82) is 0 Å². The molecule has 3 N–H and O–H groups in total. The molecular weight excluding hydrogens is 298 g/mol. The maximum absolute atomic E-state index is 11.9. The van der Waals surface area contributed by atoms with E-state index in [9.17, 15) is 14.9 Å². The van der Waals surface area contributed by atoms with E-state index >= 15 is 0 Å². The number of furan rings is 1. The van der Waals surface area contributed by atoms with Gasteiger partial charge in [-0.2, -0.15) is 0 Å². The second kappa shape index (κ2) is 7.06. The van der Waals surface area contributed by atoms with Crippen LogP contribution in [0.2, 0.25) is 0 Å². The van der Waals surface area contributed by atoms with Crippen molar-refractivity contribution >= 4 is 11.8 Å². The second-order valence-corrected chi connectivity index (χ2v) is 5.53. The molecule has 1 heterocycles. The molecule has 23 heavy (non-hydrogen) atoms. The van der Waals surface area contributed by atoms with Crippen LogP contribution in [0.25, 0.3) is 0 Å². The van der Waals surface area contributed by atoms with E-state index in [0.29, 0.717) is 5.92 Å². The van der Waals surface area contributed by atoms with Crippen molar-refractivity contribution in [3.05, 3.63) is 63.4 Å². The van der Waals surface area contributed by atoms with Crippen LogP contribution >= 0.6 is 0 Å². The second-order valence-electron chi connectivity index (χ2n) is 5.53. The first-order valence-electron chi connectivity index (χ1n) is 7.26. The van der Waals surface area contributed by atoms with Gasteiger partial charge in [-0.3, -0.25) is 14.9 Å². The van der Waals surface area contributed by atoms with E-state index < -0.39 is 16.7 Å². The van der Waals surface area contributed by atoms with Gasteiger partial charge in [0, 0.05) is 12.6 Å². The predicted molar refractivity (Wildman–Crippen MR) is 85.2 cm³/mol. The third-order valence-electron chi connectivity index (χ3n) is 3.51. The van der Waals surface area contributed by atoms with E-state index in [1.807, 2.05) is 24.3 Å². The summed E-state index contributed by atoms with van der Waals surface area (Å²) in [5, 5.41) is 13.1. The average Bonchev–Trinajstić information content (AvgIpc) is 3.02. The van der Waals surface area contributed by atoms with Gasteiger partial charge in [0.2, 0.25) is 0 Å². The first-order chi connectivity index (χ1) is 10.9. The van der Waals surface area contributed by atoms with E-state index in [2.05, 4.69) is 19.2 Å².